The van der Waals surface area contributed by atoms with Crippen molar-refractivity contribution in [3.8, 4) is 0 Å². The highest BCUT2D eigenvalue weighted by atomic mass is 32.2. The number of nitrogens with zero attached hydrogens (tertiary/aromatic N) is 2. The minimum absolute atomic E-state index is 0.0726. The van der Waals surface area contributed by atoms with Gasteiger partial charge in [-0.15, -0.1) is 0 Å². The summed E-state index contributed by atoms with van der Waals surface area (Å²) >= 11 is 2.01. The van der Waals surface area contributed by atoms with E-state index in [-0.39, 0.29) is 6.61 Å². The molecule has 82 valence electrons. The van der Waals surface area contributed by atoms with Gasteiger partial charge >= 0.3 is 0 Å². The predicted molar refractivity (Wildman–Crippen MR) is 64.3 cm³/mol. The van der Waals surface area contributed by atoms with Crippen LogP contribution >= 0.6 is 11.8 Å². The Morgan fingerprint density at radius 1 is 1.33 bits per heavy atom. The van der Waals surface area contributed by atoms with Crippen molar-refractivity contribution in [1.29, 1.82) is 0 Å². The second-order valence-electron chi connectivity index (χ2n) is 3.64. The quantitative estimate of drug-likeness (QED) is 0.826. The van der Waals surface area contributed by atoms with E-state index in [4.69, 9.17) is 5.11 Å². The van der Waals surface area contributed by atoms with Gasteiger partial charge in [0.1, 0.15) is 5.82 Å². The van der Waals surface area contributed by atoms with Crippen LogP contribution in [0.15, 0.2) is 18.3 Å². The molecule has 2 rings (SSSR count). The smallest absolute Gasteiger partial charge is 0.128 e. The molecule has 0 amide bonds. The molecule has 0 aliphatic carbocycles. The molecule has 4 heteroatoms. The summed E-state index contributed by atoms with van der Waals surface area (Å²) in [6.45, 7) is 2.25. The van der Waals surface area contributed by atoms with Crippen LogP contribution in [0.1, 0.15) is 12.0 Å². The van der Waals surface area contributed by atoms with E-state index in [1.54, 1.807) is 6.20 Å². The van der Waals surface area contributed by atoms with E-state index < -0.39 is 0 Å². The number of hydrogen-bond donors (Lipinski definition) is 1. The zero-order valence-corrected chi connectivity index (χ0v) is 9.54. The lowest BCUT2D eigenvalue weighted by Gasteiger charge is -2.20. The van der Waals surface area contributed by atoms with Crippen LogP contribution in [-0.4, -0.2) is 34.7 Å². The van der Waals surface area contributed by atoms with Gasteiger partial charge in [-0.25, -0.2) is 4.98 Å². The molecule has 15 heavy (non-hydrogen) atoms. The van der Waals surface area contributed by atoms with Crippen molar-refractivity contribution in [2.75, 3.05) is 29.5 Å². The number of hydrogen-bond acceptors (Lipinski definition) is 4. The Bertz CT molecular complexity index is 294. The van der Waals surface area contributed by atoms with Gasteiger partial charge in [0.2, 0.25) is 0 Å². The number of rotatable bonds is 2. The van der Waals surface area contributed by atoms with Crippen LogP contribution in [0.4, 0.5) is 5.82 Å². The van der Waals surface area contributed by atoms with Gasteiger partial charge in [0.25, 0.3) is 0 Å². The van der Waals surface area contributed by atoms with E-state index in [9.17, 15) is 0 Å². The molecule has 0 unspecified atom stereocenters. The molecule has 3 nitrogen and oxygen atoms in total. The largest absolute Gasteiger partial charge is 0.392 e. The zero-order chi connectivity index (χ0) is 10.5. The molecule has 1 saturated heterocycles. The van der Waals surface area contributed by atoms with Gasteiger partial charge < -0.3 is 10.0 Å². The third-order valence-electron chi connectivity index (χ3n) is 2.54. The second-order valence-corrected chi connectivity index (χ2v) is 4.86. The third-order valence-corrected chi connectivity index (χ3v) is 3.59. The summed E-state index contributed by atoms with van der Waals surface area (Å²) in [5.74, 6) is 3.48. The minimum Gasteiger partial charge on any atom is -0.392 e. The van der Waals surface area contributed by atoms with E-state index in [2.05, 4.69) is 9.88 Å². The van der Waals surface area contributed by atoms with Crippen molar-refractivity contribution in [3.63, 3.8) is 0 Å². The molecular weight excluding hydrogens is 208 g/mol. The second kappa shape index (κ2) is 5.37. The molecule has 0 radical (unpaired) electrons. The first-order valence-corrected chi connectivity index (χ1v) is 6.44. The van der Waals surface area contributed by atoms with Crippen LogP contribution in [0.2, 0.25) is 0 Å². The molecule has 1 aliphatic heterocycles. The number of aromatic nitrogens is 1. The summed E-state index contributed by atoms with van der Waals surface area (Å²) in [6, 6.07) is 3.95. The van der Waals surface area contributed by atoms with Crippen LogP contribution in [0.5, 0.6) is 0 Å². The van der Waals surface area contributed by atoms with Crippen LogP contribution in [-0.2, 0) is 6.61 Å². The minimum atomic E-state index is 0.0726. The van der Waals surface area contributed by atoms with Crippen molar-refractivity contribution >= 4 is 17.6 Å². The number of anilines is 1. The van der Waals surface area contributed by atoms with Crippen LogP contribution in [0.25, 0.3) is 0 Å². The summed E-state index contributed by atoms with van der Waals surface area (Å²) in [6.07, 6.45) is 2.99. The molecule has 2 heterocycles. The van der Waals surface area contributed by atoms with E-state index >= 15 is 0 Å². The summed E-state index contributed by atoms with van der Waals surface area (Å²) in [5.41, 5.74) is 0.878. The normalized spacial score (nSPS) is 17.5. The number of pyridine rings is 1. The van der Waals surface area contributed by atoms with Crippen LogP contribution < -0.4 is 4.90 Å². The Kier molecular flexibility index (Phi) is 3.86. The molecule has 0 atom stereocenters. The molecule has 0 saturated carbocycles. The summed E-state index contributed by atoms with van der Waals surface area (Å²) in [5, 5.41) is 8.93. The topological polar surface area (TPSA) is 36.4 Å². The lowest BCUT2D eigenvalue weighted by atomic mass is 10.3. The van der Waals surface area contributed by atoms with E-state index in [1.165, 1.54) is 17.9 Å². The van der Waals surface area contributed by atoms with Gasteiger partial charge in [-0.3, -0.25) is 0 Å². The van der Waals surface area contributed by atoms with Crippen molar-refractivity contribution < 1.29 is 5.11 Å². The van der Waals surface area contributed by atoms with Gasteiger partial charge in [0.15, 0.2) is 0 Å². The fourth-order valence-corrected chi connectivity index (χ4v) is 2.56. The predicted octanol–water partition coefficient (Wildman–Crippen LogP) is 1.52. The fourth-order valence-electron chi connectivity index (χ4n) is 1.67. The first-order valence-electron chi connectivity index (χ1n) is 5.28. The fraction of sp³-hybridized carbons (Fsp3) is 0.545. The zero-order valence-electron chi connectivity index (χ0n) is 8.72. The Hall–Kier alpha value is -0.740. The first kappa shape index (κ1) is 10.8. The Morgan fingerprint density at radius 2 is 2.27 bits per heavy atom. The number of aliphatic hydroxyl groups excluding tert-OH is 1. The van der Waals surface area contributed by atoms with E-state index in [0.717, 1.165) is 24.5 Å². The molecule has 1 aromatic heterocycles. The molecule has 0 bridgehead atoms. The van der Waals surface area contributed by atoms with Crippen molar-refractivity contribution in [1.82, 2.24) is 4.98 Å². The number of aliphatic hydroxyl groups is 1. The Morgan fingerprint density at radius 3 is 3.00 bits per heavy atom. The average molecular weight is 224 g/mol. The number of thioether (sulfide) groups is 1. The molecule has 1 N–H and O–H groups in total. The van der Waals surface area contributed by atoms with E-state index in [1.807, 2.05) is 23.9 Å². The summed E-state index contributed by atoms with van der Waals surface area (Å²) in [7, 11) is 0. The van der Waals surface area contributed by atoms with Crippen LogP contribution in [0, 0.1) is 0 Å². The first-order chi connectivity index (χ1) is 7.40. The van der Waals surface area contributed by atoms with Gasteiger partial charge in [0.05, 0.1) is 6.61 Å². The monoisotopic (exact) mass is 224 g/mol. The average Bonchev–Trinajstić information content (AvgIpc) is 2.58. The molecule has 1 aliphatic rings. The van der Waals surface area contributed by atoms with Crippen molar-refractivity contribution in [2.24, 2.45) is 0 Å². The summed E-state index contributed by atoms with van der Waals surface area (Å²) in [4.78, 5) is 6.69. The lowest BCUT2D eigenvalue weighted by molar-refractivity contribution is 0.281. The van der Waals surface area contributed by atoms with Crippen molar-refractivity contribution in [2.45, 2.75) is 13.0 Å². The maximum atomic E-state index is 8.93. The van der Waals surface area contributed by atoms with Gasteiger partial charge in [-0.05, 0) is 23.8 Å². The molecule has 0 aromatic carbocycles. The van der Waals surface area contributed by atoms with Gasteiger partial charge in [0, 0.05) is 25.0 Å². The third kappa shape index (κ3) is 2.86. The van der Waals surface area contributed by atoms with Gasteiger partial charge in [-0.1, -0.05) is 6.07 Å². The van der Waals surface area contributed by atoms with Crippen molar-refractivity contribution in [3.05, 3.63) is 23.9 Å². The van der Waals surface area contributed by atoms with Gasteiger partial charge in [-0.2, -0.15) is 11.8 Å². The van der Waals surface area contributed by atoms with Crippen LogP contribution in [0.3, 0.4) is 0 Å². The SMILES string of the molecule is OCc1ccc(N2CCCSCC2)nc1. The molecular formula is C11H16N2OS. The maximum absolute atomic E-state index is 8.93. The highest BCUT2D eigenvalue weighted by Gasteiger charge is 2.10. The maximum Gasteiger partial charge on any atom is 0.128 e. The highest BCUT2D eigenvalue weighted by molar-refractivity contribution is 7.99. The summed E-state index contributed by atoms with van der Waals surface area (Å²) < 4.78 is 0. The standard InChI is InChI=1S/C11H16N2OS/c14-9-10-2-3-11(12-8-10)13-4-1-6-15-7-5-13/h2-3,8,14H,1,4-7,9H2. The molecule has 0 spiro atoms. The Balaban J connectivity index is 2.06. The highest BCUT2D eigenvalue weighted by Crippen LogP contribution is 2.17. The lowest BCUT2D eigenvalue weighted by Crippen LogP contribution is -2.26. The molecule has 1 aromatic rings. The Labute approximate surface area is 94.5 Å². The molecule has 1 fully saturated rings. The van der Waals surface area contributed by atoms with E-state index in [0.29, 0.717) is 0 Å².